The molecule has 1 saturated carbocycles. The minimum atomic E-state index is -4.78. The SMILES string of the molecule is O=C(NNc1ccc(OC(F)(F)F)cc1)NC1CCC(OC(=O)c2ccc([N+](=O)[O-])cc2)CC1. The van der Waals surface area contributed by atoms with Crippen LogP contribution in [0.5, 0.6) is 5.75 Å². The lowest BCUT2D eigenvalue weighted by molar-refractivity contribution is -0.384. The number of nitro groups is 1. The summed E-state index contributed by atoms with van der Waals surface area (Å²) < 4.78 is 45.7. The highest BCUT2D eigenvalue weighted by Gasteiger charge is 2.31. The van der Waals surface area contributed by atoms with Crippen molar-refractivity contribution in [3.8, 4) is 5.75 Å². The number of carbonyl (C=O) groups is 2. The highest BCUT2D eigenvalue weighted by atomic mass is 19.4. The van der Waals surface area contributed by atoms with E-state index in [0.717, 1.165) is 12.1 Å². The monoisotopic (exact) mass is 482 g/mol. The molecule has 1 aliphatic rings. The number of nitro benzene ring substituents is 1. The molecule has 0 atom stereocenters. The van der Waals surface area contributed by atoms with E-state index in [-0.39, 0.29) is 29.1 Å². The summed E-state index contributed by atoms with van der Waals surface area (Å²) in [5.74, 6) is -0.951. The number of ether oxygens (including phenoxy) is 2. The highest BCUT2D eigenvalue weighted by Crippen LogP contribution is 2.24. The Hall–Kier alpha value is -4.03. The molecule has 0 aliphatic heterocycles. The molecule has 1 fully saturated rings. The summed E-state index contributed by atoms with van der Waals surface area (Å²) in [5, 5.41) is 13.4. The molecule has 3 rings (SSSR count). The van der Waals surface area contributed by atoms with Crippen molar-refractivity contribution in [2.45, 2.75) is 44.2 Å². The number of rotatable bonds is 7. The summed E-state index contributed by atoms with van der Waals surface area (Å²) in [6.07, 6.45) is -2.94. The van der Waals surface area contributed by atoms with E-state index in [1.807, 2.05) is 0 Å². The van der Waals surface area contributed by atoms with Gasteiger partial charge in [-0.15, -0.1) is 13.2 Å². The van der Waals surface area contributed by atoms with Crippen LogP contribution in [-0.2, 0) is 4.74 Å². The second-order valence-corrected chi connectivity index (χ2v) is 7.48. The van der Waals surface area contributed by atoms with Crippen LogP contribution in [0, 0.1) is 10.1 Å². The Bertz CT molecular complexity index is 1010. The van der Waals surface area contributed by atoms with E-state index in [4.69, 9.17) is 4.74 Å². The number of esters is 1. The molecule has 0 saturated heterocycles. The van der Waals surface area contributed by atoms with Gasteiger partial charge in [-0.05, 0) is 62.1 Å². The van der Waals surface area contributed by atoms with E-state index in [0.29, 0.717) is 31.4 Å². The lowest BCUT2D eigenvalue weighted by Crippen LogP contribution is -2.46. The van der Waals surface area contributed by atoms with Gasteiger partial charge in [0.05, 0.1) is 16.2 Å². The molecule has 13 heteroatoms. The minimum Gasteiger partial charge on any atom is -0.459 e. The quantitative estimate of drug-likeness (QED) is 0.305. The van der Waals surface area contributed by atoms with Gasteiger partial charge in [0.15, 0.2) is 0 Å². The molecule has 0 radical (unpaired) electrons. The molecule has 1 aliphatic carbocycles. The summed E-state index contributed by atoms with van der Waals surface area (Å²) in [6, 6.07) is 9.29. The number of hydrogen-bond acceptors (Lipinski definition) is 7. The highest BCUT2D eigenvalue weighted by molar-refractivity contribution is 5.89. The van der Waals surface area contributed by atoms with Crippen LogP contribution < -0.4 is 20.9 Å². The molecule has 2 aromatic carbocycles. The van der Waals surface area contributed by atoms with Gasteiger partial charge in [0.2, 0.25) is 0 Å². The van der Waals surface area contributed by atoms with E-state index in [1.54, 1.807) is 0 Å². The van der Waals surface area contributed by atoms with Crippen LogP contribution >= 0.6 is 0 Å². The molecule has 3 N–H and O–H groups in total. The molecule has 0 aromatic heterocycles. The van der Waals surface area contributed by atoms with E-state index in [1.165, 1.54) is 36.4 Å². The molecule has 0 spiro atoms. The molecule has 0 unspecified atom stereocenters. The molecule has 0 heterocycles. The Morgan fingerprint density at radius 3 is 2.15 bits per heavy atom. The molecule has 10 nitrogen and oxygen atoms in total. The van der Waals surface area contributed by atoms with Gasteiger partial charge in [-0.25, -0.2) is 9.59 Å². The maximum atomic E-state index is 12.2. The smallest absolute Gasteiger partial charge is 0.459 e. The van der Waals surface area contributed by atoms with Crippen LogP contribution in [0.3, 0.4) is 0 Å². The van der Waals surface area contributed by atoms with Gasteiger partial charge in [-0.1, -0.05) is 0 Å². The van der Waals surface area contributed by atoms with Crippen molar-refractivity contribution in [1.29, 1.82) is 0 Å². The van der Waals surface area contributed by atoms with E-state index in [9.17, 15) is 32.9 Å². The lowest BCUT2D eigenvalue weighted by atomic mass is 9.93. The normalized spacial score (nSPS) is 17.9. The first-order valence-electron chi connectivity index (χ1n) is 10.2. The van der Waals surface area contributed by atoms with Crippen LogP contribution in [-0.4, -0.2) is 35.4 Å². The first-order chi connectivity index (χ1) is 16.1. The standard InChI is InChI=1S/C21H21F3N4O6/c22-21(23,24)34-18-11-5-15(6-12-18)26-27-20(30)25-14-3-9-17(10-4-14)33-19(29)13-1-7-16(8-2-13)28(31)32/h1-2,5-8,11-12,14,17,26H,3-4,9-10H2,(H2,25,27,30). The summed E-state index contributed by atoms with van der Waals surface area (Å²) in [6.45, 7) is 0. The lowest BCUT2D eigenvalue weighted by Gasteiger charge is -2.29. The number of alkyl halides is 3. The molecular formula is C21H21F3N4O6. The molecular weight excluding hydrogens is 461 g/mol. The first-order valence-corrected chi connectivity index (χ1v) is 10.2. The van der Waals surface area contributed by atoms with Gasteiger partial charge >= 0.3 is 18.4 Å². The number of nitrogens with one attached hydrogen (secondary N) is 3. The first kappa shape index (κ1) is 24.6. The predicted octanol–water partition coefficient (Wildman–Crippen LogP) is 4.29. The fraction of sp³-hybridized carbons (Fsp3) is 0.333. The summed E-state index contributed by atoms with van der Waals surface area (Å²) in [4.78, 5) is 34.4. The fourth-order valence-corrected chi connectivity index (χ4v) is 3.35. The average Bonchev–Trinajstić information content (AvgIpc) is 2.79. The number of hydrogen-bond donors (Lipinski definition) is 3. The predicted molar refractivity (Wildman–Crippen MR) is 113 cm³/mol. The van der Waals surface area contributed by atoms with E-state index < -0.39 is 23.3 Å². The summed E-state index contributed by atoms with van der Waals surface area (Å²) >= 11 is 0. The Morgan fingerprint density at radius 1 is 0.971 bits per heavy atom. The molecule has 0 bridgehead atoms. The van der Waals surface area contributed by atoms with Crippen molar-refractivity contribution in [2.75, 3.05) is 5.43 Å². The molecule has 2 amide bonds. The van der Waals surface area contributed by atoms with Gasteiger partial charge in [0.1, 0.15) is 11.9 Å². The average molecular weight is 482 g/mol. The number of anilines is 1. The maximum absolute atomic E-state index is 12.2. The number of urea groups is 1. The second kappa shape index (κ2) is 10.7. The van der Waals surface area contributed by atoms with Crippen molar-refractivity contribution in [2.24, 2.45) is 0 Å². The van der Waals surface area contributed by atoms with Gasteiger partial charge in [0, 0.05) is 18.2 Å². The number of benzene rings is 2. The fourth-order valence-electron chi connectivity index (χ4n) is 3.35. The third kappa shape index (κ3) is 7.53. The zero-order valence-corrected chi connectivity index (χ0v) is 17.6. The van der Waals surface area contributed by atoms with Crippen LogP contribution in [0.4, 0.5) is 29.3 Å². The van der Waals surface area contributed by atoms with Crippen molar-refractivity contribution in [3.63, 3.8) is 0 Å². The number of hydrazine groups is 1. The number of non-ortho nitro benzene ring substituents is 1. The van der Waals surface area contributed by atoms with Gasteiger partial charge in [-0.3, -0.25) is 21.0 Å². The van der Waals surface area contributed by atoms with Crippen molar-refractivity contribution in [3.05, 3.63) is 64.2 Å². The molecule has 182 valence electrons. The summed E-state index contributed by atoms with van der Waals surface area (Å²) in [7, 11) is 0. The largest absolute Gasteiger partial charge is 0.573 e. The third-order valence-corrected chi connectivity index (χ3v) is 5.01. The number of amides is 2. The molecule has 2 aromatic rings. The van der Waals surface area contributed by atoms with Crippen LogP contribution in [0.2, 0.25) is 0 Å². The Balaban J connectivity index is 1.37. The number of carbonyl (C=O) groups excluding carboxylic acids is 2. The van der Waals surface area contributed by atoms with Crippen molar-refractivity contribution < 1.29 is 37.2 Å². The third-order valence-electron chi connectivity index (χ3n) is 5.01. The van der Waals surface area contributed by atoms with Crippen molar-refractivity contribution >= 4 is 23.4 Å². The topological polar surface area (TPSA) is 132 Å². The Morgan fingerprint density at radius 2 is 1.59 bits per heavy atom. The van der Waals surface area contributed by atoms with Gasteiger partial charge < -0.3 is 14.8 Å². The molecule has 34 heavy (non-hydrogen) atoms. The summed E-state index contributed by atoms with van der Waals surface area (Å²) in [5.41, 5.74) is 5.42. The zero-order chi connectivity index (χ0) is 24.7. The van der Waals surface area contributed by atoms with Crippen molar-refractivity contribution in [1.82, 2.24) is 10.7 Å². The Kier molecular flexibility index (Phi) is 7.76. The van der Waals surface area contributed by atoms with Crippen LogP contribution in [0.25, 0.3) is 0 Å². The maximum Gasteiger partial charge on any atom is 0.573 e. The van der Waals surface area contributed by atoms with Crippen LogP contribution in [0.15, 0.2) is 48.5 Å². The second-order valence-electron chi connectivity index (χ2n) is 7.48. The minimum absolute atomic E-state index is 0.122. The number of halogens is 3. The Labute approximate surface area is 191 Å². The van der Waals surface area contributed by atoms with Gasteiger partial charge in [-0.2, -0.15) is 0 Å². The van der Waals surface area contributed by atoms with E-state index >= 15 is 0 Å². The van der Waals surface area contributed by atoms with Crippen LogP contribution in [0.1, 0.15) is 36.0 Å². The van der Waals surface area contributed by atoms with E-state index in [2.05, 4.69) is 20.9 Å². The van der Waals surface area contributed by atoms with Gasteiger partial charge in [0.25, 0.3) is 5.69 Å². The number of nitrogens with zero attached hydrogens (tertiary/aromatic N) is 1. The zero-order valence-electron chi connectivity index (χ0n) is 17.6.